The third kappa shape index (κ3) is 2.98. The lowest BCUT2D eigenvalue weighted by Gasteiger charge is -2.37. The highest BCUT2D eigenvalue weighted by Gasteiger charge is 2.26. The van der Waals surface area contributed by atoms with Gasteiger partial charge in [-0.1, -0.05) is 33.1 Å². The second kappa shape index (κ2) is 5.75. The summed E-state index contributed by atoms with van der Waals surface area (Å²) in [4.78, 5) is 2.74. The third-order valence-electron chi connectivity index (χ3n) is 3.81. The van der Waals surface area contributed by atoms with Gasteiger partial charge in [-0.2, -0.15) is 0 Å². The lowest BCUT2D eigenvalue weighted by Crippen LogP contribution is -2.43. The van der Waals surface area contributed by atoms with Crippen LogP contribution in [0.3, 0.4) is 0 Å². The minimum Gasteiger partial charge on any atom is -0.298 e. The van der Waals surface area contributed by atoms with Crippen molar-refractivity contribution in [3.63, 3.8) is 0 Å². The molecule has 1 saturated heterocycles. The molecule has 1 rings (SSSR count). The quantitative estimate of drug-likeness (QED) is 0.667. The van der Waals surface area contributed by atoms with E-state index in [2.05, 4.69) is 32.6 Å². The van der Waals surface area contributed by atoms with Crippen LogP contribution in [0, 0.1) is 5.92 Å². The molecule has 1 aliphatic rings. The zero-order valence-electron chi connectivity index (χ0n) is 10.4. The highest BCUT2D eigenvalue weighted by molar-refractivity contribution is 4.81. The summed E-state index contributed by atoms with van der Waals surface area (Å²) >= 11 is 0. The van der Waals surface area contributed by atoms with Crippen molar-refractivity contribution in [3.8, 4) is 0 Å². The van der Waals surface area contributed by atoms with Gasteiger partial charge in [0.2, 0.25) is 0 Å². The molecule has 0 aromatic heterocycles. The van der Waals surface area contributed by atoms with E-state index in [0.29, 0.717) is 0 Å². The molecule has 0 aromatic carbocycles. The first-order chi connectivity index (χ1) is 6.66. The lowest BCUT2D eigenvalue weighted by atomic mass is 9.93. The van der Waals surface area contributed by atoms with Crippen LogP contribution in [0.4, 0.5) is 0 Å². The molecule has 1 heterocycles. The van der Waals surface area contributed by atoms with Gasteiger partial charge in [0.15, 0.2) is 0 Å². The van der Waals surface area contributed by atoms with Crippen molar-refractivity contribution in [2.45, 2.75) is 71.9 Å². The van der Waals surface area contributed by atoms with E-state index >= 15 is 0 Å². The zero-order valence-corrected chi connectivity index (χ0v) is 10.4. The molecule has 84 valence electrons. The Morgan fingerprint density at radius 1 is 1.14 bits per heavy atom. The number of rotatable bonds is 3. The summed E-state index contributed by atoms with van der Waals surface area (Å²) in [6, 6.07) is 1.58. The Morgan fingerprint density at radius 3 is 2.43 bits per heavy atom. The molecule has 0 saturated carbocycles. The van der Waals surface area contributed by atoms with Gasteiger partial charge in [-0.15, -0.1) is 0 Å². The van der Waals surface area contributed by atoms with Gasteiger partial charge in [0.1, 0.15) is 0 Å². The van der Waals surface area contributed by atoms with Gasteiger partial charge in [-0.3, -0.25) is 4.90 Å². The molecular weight excluding hydrogens is 170 g/mol. The van der Waals surface area contributed by atoms with Crippen LogP contribution in [0.1, 0.15) is 59.8 Å². The molecule has 1 nitrogen and oxygen atoms in total. The van der Waals surface area contributed by atoms with Gasteiger partial charge in [0.05, 0.1) is 0 Å². The van der Waals surface area contributed by atoms with E-state index in [1.807, 2.05) is 0 Å². The molecular formula is C13H27N. The predicted molar refractivity (Wildman–Crippen MR) is 63.6 cm³/mol. The summed E-state index contributed by atoms with van der Waals surface area (Å²) < 4.78 is 0. The maximum atomic E-state index is 2.74. The van der Waals surface area contributed by atoms with E-state index in [1.165, 1.54) is 38.6 Å². The van der Waals surface area contributed by atoms with E-state index in [9.17, 15) is 0 Å². The van der Waals surface area contributed by atoms with Gasteiger partial charge >= 0.3 is 0 Å². The van der Waals surface area contributed by atoms with Crippen molar-refractivity contribution < 1.29 is 0 Å². The van der Waals surface area contributed by atoms with Crippen molar-refractivity contribution in [1.82, 2.24) is 4.90 Å². The van der Waals surface area contributed by atoms with Gasteiger partial charge in [-0.25, -0.2) is 0 Å². The Hall–Kier alpha value is -0.0400. The Bertz CT molecular complexity index is 153. The SMILES string of the molecule is CCC(C)C1CCCCCN1C(C)C. The normalized spacial score (nSPS) is 27.6. The average molecular weight is 197 g/mol. The monoisotopic (exact) mass is 197 g/mol. The topological polar surface area (TPSA) is 3.24 Å². The first-order valence-electron chi connectivity index (χ1n) is 6.42. The zero-order chi connectivity index (χ0) is 10.6. The molecule has 2 unspecified atom stereocenters. The Labute approximate surface area is 89.9 Å². The summed E-state index contributed by atoms with van der Waals surface area (Å²) in [6.07, 6.45) is 7.04. The molecule has 1 fully saturated rings. The summed E-state index contributed by atoms with van der Waals surface area (Å²) in [7, 11) is 0. The van der Waals surface area contributed by atoms with E-state index in [4.69, 9.17) is 0 Å². The van der Waals surface area contributed by atoms with Crippen molar-refractivity contribution in [1.29, 1.82) is 0 Å². The van der Waals surface area contributed by atoms with Crippen molar-refractivity contribution in [2.24, 2.45) is 5.92 Å². The van der Waals surface area contributed by atoms with Crippen LogP contribution in [-0.4, -0.2) is 23.5 Å². The van der Waals surface area contributed by atoms with Gasteiger partial charge in [0.25, 0.3) is 0 Å². The number of hydrogen-bond acceptors (Lipinski definition) is 1. The van der Waals surface area contributed by atoms with Gasteiger partial charge in [0, 0.05) is 12.1 Å². The fraction of sp³-hybridized carbons (Fsp3) is 1.00. The van der Waals surface area contributed by atoms with Crippen LogP contribution in [0.15, 0.2) is 0 Å². The molecule has 2 atom stereocenters. The molecule has 0 aromatic rings. The minimum atomic E-state index is 0.729. The second-order valence-electron chi connectivity index (χ2n) is 5.13. The molecule has 14 heavy (non-hydrogen) atoms. The smallest absolute Gasteiger partial charge is 0.0123 e. The summed E-state index contributed by atoms with van der Waals surface area (Å²) in [5.41, 5.74) is 0. The summed E-state index contributed by atoms with van der Waals surface area (Å²) in [6.45, 7) is 10.8. The van der Waals surface area contributed by atoms with E-state index < -0.39 is 0 Å². The molecule has 0 amide bonds. The van der Waals surface area contributed by atoms with E-state index in [1.54, 1.807) is 0 Å². The first-order valence-corrected chi connectivity index (χ1v) is 6.42. The lowest BCUT2D eigenvalue weighted by molar-refractivity contribution is 0.113. The number of nitrogens with zero attached hydrogens (tertiary/aromatic N) is 1. The molecule has 0 spiro atoms. The standard InChI is InChI=1S/C13H27N/c1-5-12(4)13-9-7-6-8-10-14(13)11(2)3/h11-13H,5-10H2,1-4H3. The van der Waals surface area contributed by atoms with Crippen LogP contribution >= 0.6 is 0 Å². The van der Waals surface area contributed by atoms with Gasteiger partial charge < -0.3 is 0 Å². The number of likely N-dealkylation sites (tertiary alicyclic amines) is 1. The first kappa shape index (κ1) is 12.0. The maximum absolute atomic E-state index is 2.74. The molecule has 0 radical (unpaired) electrons. The highest BCUT2D eigenvalue weighted by atomic mass is 15.2. The molecule has 0 aliphatic carbocycles. The van der Waals surface area contributed by atoms with E-state index in [-0.39, 0.29) is 0 Å². The highest BCUT2D eigenvalue weighted by Crippen LogP contribution is 2.26. The molecule has 1 aliphatic heterocycles. The Morgan fingerprint density at radius 2 is 1.86 bits per heavy atom. The Balaban J connectivity index is 2.63. The Kier molecular flexibility index (Phi) is 4.94. The van der Waals surface area contributed by atoms with Gasteiger partial charge in [-0.05, 0) is 39.2 Å². The third-order valence-corrected chi connectivity index (χ3v) is 3.81. The maximum Gasteiger partial charge on any atom is 0.0123 e. The fourth-order valence-corrected chi connectivity index (χ4v) is 2.68. The predicted octanol–water partition coefficient (Wildman–Crippen LogP) is 3.69. The van der Waals surface area contributed by atoms with Crippen LogP contribution in [0.5, 0.6) is 0 Å². The molecule has 0 bridgehead atoms. The molecule has 1 heteroatoms. The van der Waals surface area contributed by atoms with E-state index in [0.717, 1.165) is 18.0 Å². The summed E-state index contributed by atoms with van der Waals surface area (Å²) in [5.74, 6) is 0.871. The second-order valence-corrected chi connectivity index (χ2v) is 5.13. The summed E-state index contributed by atoms with van der Waals surface area (Å²) in [5, 5.41) is 0. The van der Waals surface area contributed by atoms with Crippen LogP contribution in [0.25, 0.3) is 0 Å². The minimum absolute atomic E-state index is 0.729. The average Bonchev–Trinajstić information content (AvgIpc) is 2.41. The fourth-order valence-electron chi connectivity index (χ4n) is 2.68. The number of hydrogen-bond donors (Lipinski definition) is 0. The van der Waals surface area contributed by atoms with Crippen LogP contribution < -0.4 is 0 Å². The largest absolute Gasteiger partial charge is 0.298 e. The van der Waals surface area contributed by atoms with Crippen molar-refractivity contribution in [3.05, 3.63) is 0 Å². The van der Waals surface area contributed by atoms with Crippen molar-refractivity contribution >= 4 is 0 Å². The van der Waals surface area contributed by atoms with Crippen molar-refractivity contribution in [2.75, 3.05) is 6.54 Å². The van der Waals surface area contributed by atoms with Crippen LogP contribution in [-0.2, 0) is 0 Å². The van der Waals surface area contributed by atoms with Crippen LogP contribution in [0.2, 0.25) is 0 Å². The molecule has 0 N–H and O–H groups in total.